The van der Waals surface area contributed by atoms with Crippen LogP contribution in [0.3, 0.4) is 0 Å². The van der Waals surface area contributed by atoms with Crippen molar-refractivity contribution in [3.8, 4) is 22.5 Å². The van der Waals surface area contributed by atoms with Crippen LogP contribution in [-0.4, -0.2) is 30.5 Å². The van der Waals surface area contributed by atoms with E-state index >= 15 is 0 Å². The van der Waals surface area contributed by atoms with Crippen LogP contribution < -0.4 is 5.73 Å². The molecule has 1 fully saturated rings. The summed E-state index contributed by atoms with van der Waals surface area (Å²) in [7, 11) is 0. The molecule has 1 aromatic heterocycles. The summed E-state index contributed by atoms with van der Waals surface area (Å²) in [6, 6.07) is 23.0. The van der Waals surface area contributed by atoms with E-state index in [1.807, 2.05) is 12.1 Å². The number of rotatable bonds is 6. The number of aromatic amines is 1. The maximum absolute atomic E-state index is 11.7. The predicted octanol–water partition coefficient (Wildman–Crippen LogP) is 6.54. The topological polar surface area (TPSA) is 71.8 Å². The molecule has 1 unspecified atom stereocenters. The van der Waals surface area contributed by atoms with Gasteiger partial charge >= 0.3 is 160 Å². The average Bonchev–Trinajstić information content (AvgIpc) is 3.29. The summed E-state index contributed by atoms with van der Waals surface area (Å²) in [6.45, 7) is 0. The zero-order valence-electron chi connectivity index (χ0n) is 19.1. The molecule has 0 radical (unpaired) electrons. The van der Waals surface area contributed by atoms with Crippen LogP contribution in [-0.2, 0) is 5.21 Å². The molecule has 1 atom stereocenters. The van der Waals surface area contributed by atoms with E-state index in [0.29, 0.717) is 11.1 Å². The van der Waals surface area contributed by atoms with Crippen molar-refractivity contribution in [1.82, 2.24) is 9.97 Å². The Morgan fingerprint density at radius 1 is 0.939 bits per heavy atom. The summed E-state index contributed by atoms with van der Waals surface area (Å²) >= 11 is -0.777. The third-order valence-corrected chi connectivity index (χ3v) is 12.4. The first-order valence-electron chi connectivity index (χ1n) is 11.8. The second-order valence-electron chi connectivity index (χ2n) is 9.13. The number of carbonyl (C=O) groups is 1. The number of imidazole rings is 1. The fourth-order valence-corrected chi connectivity index (χ4v) is 9.74. The number of aromatic nitrogens is 2. The number of nitrogens with one attached hydrogen (secondary N) is 1. The third kappa shape index (κ3) is 4.77. The molecular weight excluding hydrogens is 469 g/mol. The van der Waals surface area contributed by atoms with E-state index < -0.39 is 20.6 Å². The molecule has 5 rings (SSSR count). The van der Waals surface area contributed by atoms with E-state index in [-0.39, 0.29) is 0 Å². The van der Waals surface area contributed by atoms with Crippen molar-refractivity contribution in [2.75, 3.05) is 0 Å². The summed E-state index contributed by atoms with van der Waals surface area (Å²) in [5.41, 5.74) is 14.8. The molecule has 1 aliphatic carbocycles. The average molecular weight is 499 g/mol. The Balaban J connectivity index is 1.31. The Labute approximate surface area is 199 Å². The molecule has 4 aromatic rings. The molecule has 168 valence electrons. The molecule has 3 N–H and O–H groups in total. The first kappa shape index (κ1) is 22.0. The number of H-pyrrole nitrogens is 1. The molecule has 0 aliphatic heterocycles. The van der Waals surface area contributed by atoms with Gasteiger partial charge in [-0.3, -0.25) is 4.79 Å². The molecule has 0 spiro atoms. The number of nitrogens with two attached hydrogens (primary N) is 1. The number of nitrogens with zero attached hydrogens (tertiary/aromatic N) is 1. The molecule has 4 nitrogen and oxygen atoms in total. The Hall–Kier alpha value is -2.84. The number of primary amides is 1. The summed E-state index contributed by atoms with van der Waals surface area (Å²) in [6.07, 6.45) is 7.26. The molecular formula is C28H30AsN3O. The minimum absolute atomic E-state index is 0.438. The van der Waals surface area contributed by atoms with Crippen molar-refractivity contribution in [2.24, 2.45) is 5.73 Å². The number of benzene rings is 3. The molecule has 1 amide bonds. The van der Waals surface area contributed by atoms with Gasteiger partial charge in [-0.1, -0.05) is 6.07 Å². The molecule has 5 heteroatoms. The zero-order valence-corrected chi connectivity index (χ0v) is 20.9. The molecule has 33 heavy (non-hydrogen) atoms. The Bertz CT molecular complexity index is 1250. The van der Waals surface area contributed by atoms with Crippen molar-refractivity contribution in [3.05, 3.63) is 77.9 Å². The molecule has 1 aliphatic rings. The van der Waals surface area contributed by atoms with Crippen LogP contribution in [0.5, 0.6) is 0 Å². The number of hydrogen-bond donors (Lipinski definition) is 2. The van der Waals surface area contributed by atoms with Gasteiger partial charge in [-0.25, -0.2) is 0 Å². The van der Waals surface area contributed by atoms with Gasteiger partial charge in [-0.15, -0.1) is 0 Å². The van der Waals surface area contributed by atoms with Gasteiger partial charge in [0.2, 0.25) is 0 Å². The van der Waals surface area contributed by atoms with Crippen LogP contribution in [0.4, 0.5) is 0 Å². The second kappa shape index (κ2) is 9.57. The van der Waals surface area contributed by atoms with Gasteiger partial charge in [-0.05, 0) is 12.1 Å². The van der Waals surface area contributed by atoms with Gasteiger partial charge in [0.1, 0.15) is 0 Å². The van der Waals surface area contributed by atoms with Gasteiger partial charge in [0.25, 0.3) is 5.91 Å². The van der Waals surface area contributed by atoms with E-state index in [0.717, 1.165) is 21.6 Å². The Kier molecular flexibility index (Phi) is 6.37. The van der Waals surface area contributed by atoms with Gasteiger partial charge < -0.3 is 5.73 Å². The van der Waals surface area contributed by atoms with Gasteiger partial charge in [0.15, 0.2) is 0 Å². The molecule has 0 bridgehead atoms. The Morgan fingerprint density at radius 2 is 1.58 bits per heavy atom. The fourth-order valence-electron chi connectivity index (χ4n) is 4.93. The van der Waals surface area contributed by atoms with Crippen LogP contribution in [0.25, 0.3) is 33.5 Å². The fraction of sp³-hybridized carbons (Fsp3) is 0.286. The Morgan fingerprint density at radius 3 is 2.24 bits per heavy atom. The normalized spacial score (nSPS) is 15.5. The van der Waals surface area contributed by atoms with Gasteiger partial charge in [0, 0.05) is 0 Å². The standard InChI is InChI=1S/C28H30AsN3O/c1-29(23-6-3-2-4-7-23)18-19-10-12-20(13-11-19)21-14-16-22(17-15-21)28-31-25-9-5-8-24(27(30)33)26(25)32-28/h5,8-17,23H,2-4,6-7,18H2,1H3,(H2,30,33)(H,31,32). The van der Waals surface area contributed by atoms with Crippen LogP contribution in [0, 0.1) is 0 Å². The van der Waals surface area contributed by atoms with E-state index in [1.165, 1.54) is 54.0 Å². The van der Waals surface area contributed by atoms with Crippen molar-refractivity contribution in [1.29, 1.82) is 0 Å². The van der Waals surface area contributed by atoms with Crippen molar-refractivity contribution in [3.63, 3.8) is 0 Å². The summed E-state index contributed by atoms with van der Waals surface area (Å²) in [4.78, 5) is 19.6. The maximum atomic E-state index is 11.7. The molecule has 0 saturated heterocycles. The second-order valence-corrected chi connectivity index (χ2v) is 14.5. The van der Waals surface area contributed by atoms with Crippen LogP contribution in [0.2, 0.25) is 10.4 Å². The quantitative estimate of drug-likeness (QED) is 0.296. The molecule has 1 saturated carbocycles. The first-order valence-corrected chi connectivity index (χ1v) is 16.1. The summed E-state index contributed by atoms with van der Waals surface area (Å²) in [5.74, 6) is 0.274. The van der Waals surface area contributed by atoms with Gasteiger partial charge in [0.05, 0.1) is 5.56 Å². The molecule has 1 heterocycles. The van der Waals surface area contributed by atoms with E-state index in [1.54, 1.807) is 6.07 Å². The minimum atomic E-state index is -0.777. The van der Waals surface area contributed by atoms with Crippen molar-refractivity contribution in [2.45, 2.75) is 47.7 Å². The summed E-state index contributed by atoms with van der Waals surface area (Å²) in [5, 5.41) is 1.32. The van der Waals surface area contributed by atoms with Crippen LogP contribution >= 0.6 is 0 Å². The van der Waals surface area contributed by atoms with Crippen LogP contribution in [0.15, 0.2) is 66.7 Å². The van der Waals surface area contributed by atoms with Crippen LogP contribution in [0.1, 0.15) is 48.0 Å². The SMILES string of the molecule is C[As](Cc1ccc(-c2ccc(-c3nc4c(C(N)=O)cccc4[nH]3)cc2)cc1)C1CCCCC1. The predicted molar refractivity (Wildman–Crippen MR) is 138 cm³/mol. The van der Waals surface area contributed by atoms with E-state index in [9.17, 15) is 4.79 Å². The van der Waals surface area contributed by atoms with Gasteiger partial charge in [-0.2, -0.15) is 0 Å². The van der Waals surface area contributed by atoms with E-state index in [2.05, 4.69) is 64.2 Å². The number of amides is 1. The first-order chi connectivity index (χ1) is 16.1. The van der Waals surface area contributed by atoms with E-state index in [4.69, 9.17) is 5.73 Å². The number of hydrogen-bond acceptors (Lipinski definition) is 2. The number of para-hydroxylation sites is 1. The summed E-state index contributed by atoms with van der Waals surface area (Å²) < 4.78 is 1.04. The molecule has 3 aromatic carbocycles. The zero-order chi connectivity index (χ0) is 22.8. The van der Waals surface area contributed by atoms with Crippen molar-refractivity contribution >= 4 is 31.6 Å². The monoisotopic (exact) mass is 499 g/mol. The third-order valence-electron chi connectivity index (χ3n) is 6.85. The number of carbonyl (C=O) groups excluding carboxylic acids is 1. The number of fused-ring (bicyclic) bond motifs is 1. The van der Waals surface area contributed by atoms with Crippen molar-refractivity contribution < 1.29 is 4.79 Å².